The Morgan fingerprint density at radius 2 is 1.84 bits per heavy atom. The second-order valence-corrected chi connectivity index (χ2v) is 6.98. The van der Waals surface area contributed by atoms with Crippen LogP contribution < -0.4 is 11.1 Å². The highest BCUT2D eigenvalue weighted by Gasteiger charge is 2.36. The van der Waals surface area contributed by atoms with Crippen LogP contribution in [-0.2, 0) is 16.8 Å². The van der Waals surface area contributed by atoms with E-state index in [-0.39, 0.29) is 23.9 Å². The fourth-order valence-corrected chi connectivity index (χ4v) is 3.78. The Bertz CT molecular complexity index is 727. The van der Waals surface area contributed by atoms with Crippen molar-refractivity contribution in [2.45, 2.75) is 44.1 Å². The average molecular weight is 379 g/mol. The molecular weight excluding hydrogens is 355 g/mol. The van der Waals surface area contributed by atoms with E-state index >= 15 is 0 Å². The number of amides is 1. The fraction of sp³-hybridized carbons (Fsp3) is 0.350. The van der Waals surface area contributed by atoms with E-state index in [1.807, 2.05) is 42.5 Å². The molecule has 3 rings (SSSR count). The normalized spacial score (nSPS) is 15.4. The molecule has 1 fully saturated rings. The SMILES string of the molecule is Cl.Nc1ccccc1CCC(=O)NC1(c2cccc(Cl)c2)CCCC1. The molecule has 1 aliphatic rings. The van der Waals surface area contributed by atoms with Gasteiger partial charge < -0.3 is 11.1 Å². The van der Waals surface area contributed by atoms with Crippen molar-refractivity contribution >= 4 is 35.6 Å². The van der Waals surface area contributed by atoms with Gasteiger partial charge in [0.1, 0.15) is 0 Å². The van der Waals surface area contributed by atoms with E-state index in [9.17, 15) is 4.79 Å². The number of nitrogens with two attached hydrogens (primary N) is 1. The molecule has 0 atom stereocenters. The number of nitrogens with one attached hydrogen (secondary N) is 1. The van der Waals surface area contributed by atoms with Gasteiger partial charge in [0.05, 0.1) is 5.54 Å². The van der Waals surface area contributed by atoms with Gasteiger partial charge in [-0.2, -0.15) is 0 Å². The number of carbonyl (C=O) groups excluding carboxylic acids is 1. The number of hydrogen-bond donors (Lipinski definition) is 2. The maximum Gasteiger partial charge on any atom is 0.221 e. The minimum atomic E-state index is -0.274. The Labute approximate surface area is 160 Å². The minimum absolute atomic E-state index is 0. The van der Waals surface area contributed by atoms with Gasteiger partial charge in [-0.25, -0.2) is 0 Å². The van der Waals surface area contributed by atoms with Crippen molar-refractivity contribution in [1.82, 2.24) is 5.32 Å². The molecule has 2 aromatic rings. The van der Waals surface area contributed by atoms with Gasteiger partial charge in [0.2, 0.25) is 5.91 Å². The summed E-state index contributed by atoms with van der Waals surface area (Å²) in [6.07, 6.45) is 5.27. The molecule has 0 saturated heterocycles. The molecule has 1 amide bonds. The van der Waals surface area contributed by atoms with Crippen molar-refractivity contribution in [3.8, 4) is 0 Å². The summed E-state index contributed by atoms with van der Waals surface area (Å²) in [7, 11) is 0. The van der Waals surface area contributed by atoms with E-state index in [2.05, 4.69) is 11.4 Å². The first-order chi connectivity index (χ1) is 11.6. The number of para-hydroxylation sites is 1. The van der Waals surface area contributed by atoms with Crippen LogP contribution in [0.2, 0.25) is 5.02 Å². The van der Waals surface area contributed by atoms with Crippen LogP contribution in [0, 0.1) is 0 Å². The molecule has 0 heterocycles. The van der Waals surface area contributed by atoms with Crippen LogP contribution in [0.15, 0.2) is 48.5 Å². The highest BCUT2D eigenvalue weighted by atomic mass is 35.5. The summed E-state index contributed by atoms with van der Waals surface area (Å²) in [6, 6.07) is 15.6. The van der Waals surface area contributed by atoms with Gasteiger partial charge in [-0.05, 0) is 48.6 Å². The highest BCUT2D eigenvalue weighted by Crippen LogP contribution is 2.39. The van der Waals surface area contributed by atoms with E-state index in [1.165, 1.54) is 0 Å². The molecule has 3 N–H and O–H groups in total. The lowest BCUT2D eigenvalue weighted by Gasteiger charge is -2.31. The summed E-state index contributed by atoms with van der Waals surface area (Å²) >= 11 is 6.15. The number of nitrogen functional groups attached to an aromatic ring is 1. The number of carbonyl (C=O) groups is 1. The number of halogens is 2. The van der Waals surface area contributed by atoms with Crippen LogP contribution in [-0.4, -0.2) is 5.91 Å². The first kappa shape index (κ1) is 19.6. The third-order valence-electron chi connectivity index (χ3n) is 4.89. The largest absolute Gasteiger partial charge is 0.399 e. The van der Waals surface area contributed by atoms with Gasteiger partial charge in [0.25, 0.3) is 0 Å². The van der Waals surface area contributed by atoms with Crippen LogP contribution in [0.25, 0.3) is 0 Å². The highest BCUT2D eigenvalue weighted by molar-refractivity contribution is 6.30. The molecule has 1 aliphatic carbocycles. The number of rotatable bonds is 5. The Morgan fingerprint density at radius 1 is 1.12 bits per heavy atom. The van der Waals surface area contributed by atoms with Gasteiger partial charge in [-0.1, -0.05) is 54.8 Å². The molecular formula is C20H24Cl2N2O. The van der Waals surface area contributed by atoms with Crippen molar-refractivity contribution in [2.24, 2.45) is 0 Å². The summed E-state index contributed by atoms with van der Waals surface area (Å²) in [5, 5.41) is 4.00. The van der Waals surface area contributed by atoms with Crippen molar-refractivity contribution in [1.29, 1.82) is 0 Å². The average Bonchev–Trinajstić information content (AvgIpc) is 3.04. The molecule has 5 heteroatoms. The van der Waals surface area contributed by atoms with Crippen LogP contribution in [0.1, 0.15) is 43.2 Å². The molecule has 134 valence electrons. The first-order valence-electron chi connectivity index (χ1n) is 8.49. The van der Waals surface area contributed by atoms with Crippen LogP contribution in [0.4, 0.5) is 5.69 Å². The second kappa shape index (κ2) is 8.59. The van der Waals surface area contributed by atoms with Gasteiger partial charge in [0.15, 0.2) is 0 Å². The first-order valence-corrected chi connectivity index (χ1v) is 8.87. The molecule has 2 aromatic carbocycles. The lowest BCUT2D eigenvalue weighted by Crippen LogP contribution is -2.43. The van der Waals surface area contributed by atoms with E-state index in [0.29, 0.717) is 17.9 Å². The number of hydrogen-bond acceptors (Lipinski definition) is 2. The van der Waals surface area contributed by atoms with Crippen molar-refractivity contribution in [3.63, 3.8) is 0 Å². The quantitative estimate of drug-likeness (QED) is 0.729. The van der Waals surface area contributed by atoms with Gasteiger partial charge >= 0.3 is 0 Å². The maximum atomic E-state index is 12.6. The lowest BCUT2D eigenvalue weighted by molar-refractivity contribution is -0.123. The zero-order valence-electron chi connectivity index (χ0n) is 14.1. The van der Waals surface area contributed by atoms with Crippen molar-refractivity contribution in [3.05, 3.63) is 64.7 Å². The van der Waals surface area contributed by atoms with E-state index in [0.717, 1.165) is 42.5 Å². The fourth-order valence-electron chi connectivity index (χ4n) is 3.59. The molecule has 0 aromatic heterocycles. The molecule has 0 spiro atoms. The Balaban J connectivity index is 0.00000225. The maximum absolute atomic E-state index is 12.6. The summed E-state index contributed by atoms with van der Waals surface area (Å²) in [6.45, 7) is 0. The summed E-state index contributed by atoms with van der Waals surface area (Å²) in [5.74, 6) is 0.0696. The molecule has 0 unspecified atom stereocenters. The third kappa shape index (κ3) is 4.68. The molecule has 0 radical (unpaired) electrons. The second-order valence-electron chi connectivity index (χ2n) is 6.55. The summed E-state index contributed by atoms with van der Waals surface area (Å²) in [5.41, 5.74) is 8.57. The predicted molar refractivity (Wildman–Crippen MR) is 106 cm³/mol. The Kier molecular flexibility index (Phi) is 6.74. The third-order valence-corrected chi connectivity index (χ3v) is 5.12. The van der Waals surface area contributed by atoms with E-state index < -0.39 is 0 Å². The molecule has 3 nitrogen and oxygen atoms in total. The zero-order valence-corrected chi connectivity index (χ0v) is 15.7. The topological polar surface area (TPSA) is 55.1 Å². The molecule has 25 heavy (non-hydrogen) atoms. The van der Waals surface area contributed by atoms with Crippen molar-refractivity contribution in [2.75, 3.05) is 5.73 Å². The molecule has 0 bridgehead atoms. The zero-order chi connectivity index (χ0) is 17.0. The smallest absolute Gasteiger partial charge is 0.221 e. The van der Waals surface area contributed by atoms with E-state index in [4.69, 9.17) is 17.3 Å². The Hall–Kier alpha value is -1.71. The summed E-state index contributed by atoms with van der Waals surface area (Å²) < 4.78 is 0. The lowest BCUT2D eigenvalue weighted by atomic mass is 9.88. The standard InChI is InChI=1S/C20H23ClN2O.ClH/c21-17-8-5-7-16(14-17)20(12-3-4-13-20)23-19(24)11-10-15-6-1-2-9-18(15)22;/h1-2,5-9,14H,3-4,10-13,22H2,(H,23,24);1H. The predicted octanol–water partition coefficient (Wildman–Crippen LogP) is 4.86. The number of benzene rings is 2. The van der Waals surface area contributed by atoms with Crippen molar-refractivity contribution < 1.29 is 4.79 Å². The van der Waals surface area contributed by atoms with Gasteiger partial charge in [0, 0.05) is 17.1 Å². The van der Waals surface area contributed by atoms with Gasteiger partial charge in [-0.3, -0.25) is 4.79 Å². The number of aryl methyl sites for hydroxylation is 1. The molecule has 1 saturated carbocycles. The summed E-state index contributed by atoms with van der Waals surface area (Å²) in [4.78, 5) is 12.6. The van der Waals surface area contributed by atoms with Gasteiger partial charge in [-0.15, -0.1) is 12.4 Å². The Morgan fingerprint density at radius 3 is 2.52 bits per heavy atom. The monoisotopic (exact) mass is 378 g/mol. The number of anilines is 1. The van der Waals surface area contributed by atoms with Crippen LogP contribution >= 0.6 is 24.0 Å². The molecule has 0 aliphatic heterocycles. The minimum Gasteiger partial charge on any atom is -0.399 e. The van der Waals surface area contributed by atoms with E-state index in [1.54, 1.807) is 0 Å². The van der Waals surface area contributed by atoms with Crippen LogP contribution in [0.5, 0.6) is 0 Å². The van der Waals surface area contributed by atoms with Crippen LogP contribution in [0.3, 0.4) is 0 Å².